The first-order chi connectivity index (χ1) is 16.1. The van der Waals surface area contributed by atoms with Crippen molar-refractivity contribution in [3.8, 4) is 16.9 Å². The molecule has 2 aromatic carbocycles. The molecular weight excluding hydrogens is 488 g/mol. The van der Waals surface area contributed by atoms with E-state index in [1.807, 2.05) is 13.8 Å². The predicted molar refractivity (Wildman–Crippen MR) is 126 cm³/mol. The Kier molecular flexibility index (Phi) is 6.55. The van der Waals surface area contributed by atoms with Crippen LogP contribution in [0, 0.1) is 5.92 Å². The number of carbonyl (C=O) groups is 1. The Balaban J connectivity index is 2.03. The van der Waals surface area contributed by atoms with Crippen molar-refractivity contribution in [2.24, 2.45) is 5.92 Å². The molecule has 2 heterocycles. The highest BCUT2D eigenvalue weighted by atomic mass is 35.5. The van der Waals surface area contributed by atoms with Gasteiger partial charge in [0.2, 0.25) is 0 Å². The molecule has 2 aromatic heterocycles. The molecule has 4 aromatic rings. The Hall–Kier alpha value is -3.10. The number of nitrogens with one attached hydrogen (secondary N) is 1. The van der Waals surface area contributed by atoms with Crippen LogP contribution in [0.1, 0.15) is 29.9 Å². The number of benzene rings is 2. The van der Waals surface area contributed by atoms with Gasteiger partial charge >= 0.3 is 6.18 Å². The van der Waals surface area contributed by atoms with Gasteiger partial charge in [0.15, 0.2) is 11.3 Å². The summed E-state index contributed by atoms with van der Waals surface area (Å²) >= 11 is 12.4. The Morgan fingerprint density at radius 3 is 2.38 bits per heavy atom. The third-order valence-corrected chi connectivity index (χ3v) is 5.62. The number of aromatic nitrogens is 3. The number of hydrogen-bond acceptors (Lipinski definition) is 3. The first kappa shape index (κ1) is 24.0. The zero-order valence-electron chi connectivity index (χ0n) is 18.1. The maximum atomic E-state index is 13.9. The van der Waals surface area contributed by atoms with Gasteiger partial charge in [0.25, 0.3) is 5.91 Å². The summed E-state index contributed by atoms with van der Waals surface area (Å²) in [5, 5.41) is 7.99. The fourth-order valence-electron chi connectivity index (χ4n) is 3.48. The van der Waals surface area contributed by atoms with Gasteiger partial charge < -0.3 is 5.32 Å². The van der Waals surface area contributed by atoms with Crippen LogP contribution in [0.15, 0.2) is 54.6 Å². The van der Waals surface area contributed by atoms with E-state index in [-0.39, 0.29) is 23.5 Å². The number of para-hydroxylation sites is 1. The number of carbonyl (C=O) groups excluding carboxylic acids is 1. The maximum Gasteiger partial charge on any atom is 0.434 e. The summed E-state index contributed by atoms with van der Waals surface area (Å²) in [4.78, 5) is 16.6. The third kappa shape index (κ3) is 4.74. The second-order valence-corrected chi connectivity index (χ2v) is 8.92. The van der Waals surface area contributed by atoms with Gasteiger partial charge in [-0.2, -0.15) is 13.2 Å². The lowest BCUT2D eigenvalue weighted by molar-refractivity contribution is -0.141. The minimum atomic E-state index is -4.85. The molecule has 0 aliphatic heterocycles. The number of fused-ring (bicyclic) bond motifs is 1. The van der Waals surface area contributed by atoms with E-state index in [1.165, 1.54) is 10.7 Å². The number of amides is 1. The maximum absolute atomic E-state index is 13.9. The molecule has 0 bridgehead atoms. The molecule has 4 rings (SSSR count). The Labute approximate surface area is 203 Å². The van der Waals surface area contributed by atoms with Gasteiger partial charge in [-0.05, 0) is 36.2 Å². The van der Waals surface area contributed by atoms with Crippen molar-refractivity contribution in [3.63, 3.8) is 0 Å². The lowest BCUT2D eigenvalue weighted by Gasteiger charge is -2.13. The number of pyridine rings is 1. The van der Waals surface area contributed by atoms with Crippen molar-refractivity contribution < 1.29 is 18.0 Å². The van der Waals surface area contributed by atoms with Gasteiger partial charge in [-0.3, -0.25) is 4.79 Å². The first-order valence-corrected chi connectivity index (χ1v) is 11.1. The first-order valence-electron chi connectivity index (χ1n) is 10.4. The van der Waals surface area contributed by atoms with Crippen LogP contribution < -0.4 is 5.32 Å². The van der Waals surface area contributed by atoms with Crippen LogP contribution >= 0.6 is 23.2 Å². The predicted octanol–water partition coefficient (Wildman–Crippen LogP) is 6.80. The molecule has 0 aliphatic rings. The van der Waals surface area contributed by atoms with Crippen LogP contribution in [0.4, 0.5) is 13.2 Å². The van der Waals surface area contributed by atoms with Crippen molar-refractivity contribution in [2.45, 2.75) is 20.0 Å². The molecule has 0 unspecified atom stereocenters. The van der Waals surface area contributed by atoms with Crippen LogP contribution in [-0.4, -0.2) is 27.2 Å². The fraction of sp³-hybridized carbons (Fsp3) is 0.208. The van der Waals surface area contributed by atoms with Gasteiger partial charge in [0.05, 0.1) is 22.0 Å². The molecular formula is C24H19Cl2F3N4O. The molecule has 1 amide bonds. The highest BCUT2D eigenvalue weighted by Gasteiger charge is 2.38. The summed E-state index contributed by atoms with van der Waals surface area (Å²) in [6.45, 7) is 3.91. The van der Waals surface area contributed by atoms with E-state index in [1.54, 1.807) is 48.5 Å². The van der Waals surface area contributed by atoms with Crippen molar-refractivity contribution in [1.82, 2.24) is 20.1 Å². The van der Waals surface area contributed by atoms with E-state index in [9.17, 15) is 18.0 Å². The van der Waals surface area contributed by atoms with Crippen LogP contribution in [0.25, 0.3) is 28.0 Å². The van der Waals surface area contributed by atoms with Crippen molar-refractivity contribution in [3.05, 3.63) is 75.9 Å². The van der Waals surface area contributed by atoms with E-state index in [4.69, 9.17) is 23.2 Å². The minimum Gasteiger partial charge on any atom is -0.352 e. The highest BCUT2D eigenvalue weighted by molar-refractivity contribution is 6.32. The number of alkyl halides is 3. The van der Waals surface area contributed by atoms with E-state index < -0.39 is 23.3 Å². The van der Waals surface area contributed by atoms with Gasteiger partial charge in [0.1, 0.15) is 0 Å². The zero-order chi connectivity index (χ0) is 24.6. The summed E-state index contributed by atoms with van der Waals surface area (Å²) in [6, 6.07) is 14.7. The quantitative estimate of drug-likeness (QED) is 0.323. The largest absolute Gasteiger partial charge is 0.434 e. The molecule has 0 aliphatic carbocycles. The van der Waals surface area contributed by atoms with E-state index in [0.717, 1.165) is 0 Å². The lowest BCUT2D eigenvalue weighted by Crippen LogP contribution is -2.30. The second kappa shape index (κ2) is 9.27. The summed E-state index contributed by atoms with van der Waals surface area (Å²) in [6.07, 6.45) is -4.85. The zero-order valence-corrected chi connectivity index (χ0v) is 19.6. The average molecular weight is 507 g/mol. The highest BCUT2D eigenvalue weighted by Crippen LogP contribution is 2.37. The normalized spacial score (nSPS) is 11.9. The average Bonchev–Trinajstić information content (AvgIpc) is 3.15. The third-order valence-electron chi connectivity index (χ3n) is 5.05. The molecule has 0 atom stereocenters. The number of hydrogen-bond donors (Lipinski definition) is 1. The van der Waals surface area contributed by atoms with Crippen molar-refractivity contribution in [1.29, 1.82) is 0 Å². The van der Waals surface area contributed by atoms with E-state index in [2.05, 4.69) is 15.4 Å². The summed E-state index contributed by atoms with van der Waals surface area (Å²) in [5.74, 6) is -0.800. The van der Waals surface area contributed by atoms with Crippen LogP contribution in [-0.2, 0) is 6.18 Å². The smallest absolute Gasteiger partial charge is 0.352 e. The minimum absolute atomic E-state index is 0.0579. The number of nitrogens with zero attached hydrogens (tertiary/aromatic N) is 3. The van der Waals surface area contributed by atoms with Crippen LogP contribution in [0.3, 0.4) is 0 Å². The van der Waals surface area contributed by atoms with Crippen LogP contribution in [0.5, 0.6) is 0 Å². The summed E-state index contributed by atoms with van der Waals surface area (Å²) in [5.41, 5.74) is -0.549. The molecule has 0 saturated heterocycles. The molecule has 0 saturated carbocycles. The molecule has 176 valence electrons. The Morgan fingerprint density at radius 2 is 1.76 bits per heavy atom. The summed E-state index contributed by atoms with van der Waals surface area (Å²) < 4.78 is 43.1. The fourth-order valence-corrected chi connectivity index (χ4v) is 3.82. The van der Waals surface area contributed by atoms with Crippen molar-refractivity contribution >= 4 is 40.1 Å². The molecule has 0 fully saturated rings. The van der Waals surface area contributed by atoms with Gasteiger partial charge in [-0.1, -0.05) is 61.3 Å². The molecule has 0 spiro atoms. The monoisotopic (exact) mass is 506 g/mol. The second-order valence-electron chi connectivity index (χ2n) is 8.08. The van der Waals surface area contributed by atoms with E-state index >= 15 is 0 Å². The number of halogens is 5. The molecule has 10 heteroatoms. The van der Waals surface area contributed by atoms with Crippen LogP contribution in [0.2, 0.25) is 10.0 Å². The lowest BCUT2D eigenvalue weighted by atomic mass is 10.0. The Bertz CT molecular complexity index is 1370. The van der Waals surface area contributed by atoms with Crippen molar-refractivity contribution in [2.75, 3.05) is 6.54 Å². The standard InChI is InChI=1S/C24H19Cl2F3N4O/c1-13(2)12-30-23(34)17-11-16-20(14-7-9-15(25)10-8-14)33(19-6-4-3-5-18(19)26)32-22(16)31-21(17)24(27,28)29/h3-11,13H,12H2,1-2H3,(H,30,34). The van der Waals surface area contributed by atoms with Gasteiger partial charge in [0, 0.05) is 22.5 Å². The Morgan fingerprint density at radius 1 is 1.09 bits per heavy atom. The van der Waals surface area contributed by atoms with E-state index in [0.29, 0.717) is 27.0 Å². The van der Waals surface area contributed by atoms with Gasteiger partial charge in [-0.25, -0.2) is 9.67 Å². The summed E-state index contributed by atoms with van der Waals surface area (Å²) in [7, 11) is 0. The molecule has 1 N–H and O–H groups in total. The number of rotatable bonds is 5. The molecule has 0 radical (unpaired) electrons. The SMILES string of the molecule is CC(C)CNC(=O)c1cc2c(-c3ccc(Cl)cc3)n(-c3ccccc3Cl)nc2nc1C(F)(F)F. The topological polar surface area (TPSA) is 59.8 Å². The molecule has 34 heavy (non-hydrogen) atoms. The molecule has 5 nitrogen and oxygen atoms in total. The van der Waals surface area contributed by atoms with Gasteiger partial charge in [-0.15, -0.1) is 5.10 Å².